The van der Waals surface area contributed by atoms with Gasteiger partial charge in [0.2, 0.25) is 17.7 Å². The van der Waals surface area contributed by atoms with E-state index in [1.165, 1.54) is 0 Å². The van der Waals surface area contributed by atoms with Crippen LogP contribution in [0.3, 0.4) is 0 Å². The maximum Gasteiger partial charge on any atom is 0.248 e. The van der Waals surface area contributed by atoms with Gasteiger partial charge in [0.1, 0.15) is 0 Å². The number of nitrogens with zero attached hydrogens (tertiary/aromatic N) is 4. The number of carbonyl (C=O) groups excluding carboxylic acids is 1. The Kier molecular flexibility index (Phi) is 4.54. The first-order valence-electron chi connectivity index (χ1n) is 7.18. The molecule has 0 unspecified atom stereocenters. The van der Waals surface area contributed by atoms with Crippen molar-refractivity contribution < 1.29 is 9.21 Å². The van der Waals surface area contributed by atoms with E-state index in [1.54, 1.807) is 6.92 Å². The Morgan fingerprint density at radius 1 is 1.23 bits per heavy atom. The number of amides is 1. The molecule has 0 aliphatic carbocycles. The Balaban J connectivity index is 1.63. The molecule has 2 heterocycles. The van der Waals surface area contributed by atoms with Crippen molar-refractivity contribution in [3.8, 4) is 11.5 Å². The zero-order valence-corrected chi connectivity index (χ0v) is 13.9. The molecular formula is C15H17BrN4O2. The highest BCUT2D eigenvalue weighted by Crippen LogP contribution is 2.26. The van der Waals surface area contributed by atoms with Crippen LogP contribution in [0.2, 0.25) is 0 Å². The molecule has 1 fully saturated rings. The van der Waals surface area contributed by atoms with E-state index in [1.807, 2.05) is 29.2 Å². The van der Waals surface area contributed by atoms with Gasteiger partial charge in [-0.15, -0.1) is 10.2 Å². The summed E-state index contributed by atoms with van der Waals surface area (Å²) in [7, 11) is 0. The van der Waals surface area contributed by atoms with Crippen LogP contribution in [0.1, 0.15) is 12.8 Å². The van der Waals surface area contributed by atoms with Crippen LogP contribution in [0.4, 0.5) is 0 Å². The Bertz CT molecular complexity index is 665. The summed E-state index contributed by atoms with van der Waals surface area (Å²) in [6.45, 7) is 5.38. The molecule has 0 N–H and O–H groups in total. The summed E-state index contributed by atoms with van der Waals surface area (Å²) >= 11 is 3.49. The summed E-state index contributed by atoms with van der Waals surface area (Å²) in [6.07, 6.45) is 0. The zero-order valence-electron chi connectivity index (χ0n) is 12.3. The van der Waals surface area contributed by atoms with Gasteiger partial charge in [0.15, 0.2) is 0 Å². The van der Waals surface area contributed by atoms with Crippen molar-refractivity contribution in [3.63, 3.8) is 0 Å². The number of piperazine rings is 1. The Hall–Kier alpha value is -1.73. The maximum atomic E-state index is 11.3. The Morgan fingerprint density at radius 2 is 1.95 bits per heavy atom. The largest absolute Gasteiger partial charge is 0.419 e. The van der Waals surface area contributed by atoms with Gasteiger partial charge in [0, 0.05) is 37.6 Å². The van der Waals surface area contributed by atoms with Crippen molar-refractivity contribution >= 4 is 21.8 Å². The van der Waals surface area contributed by atoms with Gasteiger partial charge in [-0.3, -0.25) is 9.69 Å². The molecular weight excluding hydrogens is 348 g/mol. The van der Waals surface area contributed by atoms with E-state index in [-0.39, 0.29) is 5.91 Å². The monoisotopic (exact) mass is 364 g/mol. The summed E-state index contributed by atoms with van der Waals surface area (Å²) < 4.78 is 6.68. The van der Waals surface area contributed by atoms with Crippen LogP contribution in [0.15, 0.2) is 33.2 Å². The molecule has 0 saturated carbocycles. The molecule has 0 spiro atoms. The standard InChI is InChI=1S/C15H17BrN4O2/c1-11(21)20-8-6-19(7-9-20)10-14-17-18-15(22-14)12-4-2-3-5-13(12)16/h2-5H,6-10H2,1H3. The molecule has 22 heavy (non-hydrogen) atoms. The summed E-state index contributed by atoms with van der Waals surface area (Å²) in [5.41, 5.74) is 0.891. The highest BCUT2D eigenvalue weighted by atomic mass is 79.9. The summed E-state index contributed by atoms with van der Waals surface area (Å²) in [5, 5.41) is 8.24. The Morgan fingerprint density at radius 3 is 2.64 bits per heavy atom. The van der Waals surface area contributed by atoms with Crippen LogP contribution in [0, 0.1) is 0 Å². The quantitative estimate of drug-likeness (QED) is 0.834. The van der Waals surface area contributed by atoms with E-state index in [4.69, 9.17) is 4.42 Å². The average Bonchev–Trinajstić information content (AvgIpc) is 2.96. The first kappa shape index (κ1) is 15.2. The second-order valence-corrected chi connectivity index (χ2v) is 6.12. The minimum absolute atomic E-state index is 0.133. The lowest BCUT2D eigenvalue weighted by molar-refractivity contribution is -0.130. The SMILES string of the molecule is CC(=O)N1CCN(Cc2nnc(-c3ccccc3Br)o2)CC1. The fraction of sp³-hybridized carbons (Fsp3) is 0.400. The van der Waals surface area contributed by atoms with E-state index < -0.39 is 0 Å². The van der Waals surface area contributed by atoms with Gasteiger partial charge in [-0.25, -0.2) is 0 Å². The number of hydrogen-bond acceptors (Lipinski definition) is 5. The molecule has 1 saturated heterocycles. The lowest BCUT2D eigenvalue weighted by Crippen LogP contribution is -2.47. The summed E-state index contributed by atoms with van der Waals surface area (Å²) in [4.78, 5) is 15.4. The lowest BCUT2D eigenvalue weighted by atomic mass is 10.2. The minimum Gasteiger partial charge on any atom is -0.419 e. The second kappa shape index (κ2) is 6.58. The van der Waals surface area contributed by atoms with Gasteiger partial charge in [0.25, 0.3) is 0 Å². The molecule has 1 aliphatic rings. The number of rotatable bonds is 3. The van der Waals surface area contributed by atoms with E-state index >= 15 is 0 Å². The lowest BCUT2D eigenvalue weighted by Gasteiger charge is -2.33. The minimum atomic E-state index is 0.133. The van der Waals surface area contributed by atoms with Crippen molar-refractivity contribution in [2.45, 2.75) is 13.5 Å². The smallest absolute Gasteiger partial charge is 0.248 e. The number of carbonyl (C=O) groups is 1. The first-order chi connectivity index (χ1) is 10.6. The van der Waals surface area contributed by atoms with Crippen molar-refractivity contribution in [1.82, 2.24) is 20.0 Å². The van der Waals surface area contributed by atoms with Gasteiger partial charge in [-0.1, -0.05) is 12.1 Å². The molecule has 0 atom stereocenters. The molecule has 6 nitrogen and oxygen atoms in total. The molecule has 1 amide bonds. The third-order valence-electron chi connectivity index (χ3n) is 3.75. The molecule has 0 radical (unpaired) electrons. The third-order valence-corrected chi connectivity index (χ3v) is 4.44. The maximum absolute atomic E-state index is 11.3. The second-order valence-electron chi connectivity index (χ2n) is 5.26. The van der Waals surface area contributed by atoms with Gasteiger partial charge in [0.05, 0.1) is 12.1 Å². The highest BCUT2D eigenvalue weighted by Gasteiger charge is 2.20. The molecule has 1 aromatic carbocycles. The van der Waals surface area contributed by atoms with Gasteiger partial charge in [-0.05, 0) is 28.1 Å². The molecule has 2 aromatic rings. The average molecular weight is 365 g/mol. The van der Waals surface area contributed by atoms with Crippen LogP contribution >= 0.6 is 15.9 Å². The number of halogens is 1. The number of hydrogen-bond donors (Lipinski definition) is 0. The molecule has 1 aromatic heterocycles. The molecule has 116 valence electrons. The first-order valence-corrected chi connectivity index (χ1v) is 7.98. The predicted octanol–water partition coefficient (Wildman–Crippen LogP) is 2.16. The van der Waals surface area contributed by atoms with Crippen LogP contribution in [0.5, 0.6) is 0 Å². The van der Waals surface area contributed by atoms with E-state index in [2.05, 4.69) is 31.0 Å². The van der Waals surface area contributed by atoms with Crippen molar-refractivity contribution in [2.24, 2.45) is 0 Å². The molecule has 7 heteroatoms. The molecule has 1 aliphatic heterocycles. The fourth-order valence-corrected chi connectivity index (χ4v) is 2.93. The third kappa shape index (κ3) is 3.36. The van der Waals surface area contributed by atoms with E-state index in [0.29, 0.717) is 18.3 Å². The summed E-state index contributed by atoms with van der Waals surface area (Å²) in [6, 6.07) is 7.76. The normalized spacial score (nSPS) is 16.0. The van der Waals surface area contributed by atoms with Crippen molar-refractivity contribution in [2.75, 3.05) is 26.2 Å². The zero-order chi connectivity index (χ0) is 15.5. The van der Waals surface area contributed by atoms with Crippen LogP contribution in [-0.2, 0) is 11.3 Å². The van der Waals surface area contributed by atoms with Crippen LogP contribution < -0.4 is 0 Å². The highest BCUT2D eigenvalue weighted by molar-refractivity contribution is 9.10. The predicted molar refractivity (Wildman–Crippen MR) is 85.0 cm³/mol. The van der Waals surface area contributed by atoms with E-state index in [0.717, 1.165) is 36.2 Å². The van der Waals surface area contributed by atoms with Crippen molar-refractivity contribution in [1.29, 1.82) is 0 Å². The van der Waals surface area contributed by atoms with Gasteiger partial charge < -0.3 is 9.32 Å². The van der Waals surface area contributed by atoms with E-state index in [9.17, 15) is 4.79 Å². The fourth-order valence-electron chi connectivity index (χ4n) is 2.47. The number of benzene rings is 1. The van der Waals surface area contributed by atoms with Gasteiger partial charge >= 0.3 is 0 Å². The van der Waals surface area contributed by atoms with Crippen LogP contribution in [0.25, 0.3) is 11.5 Å². The number of aromatic nitrogens is 2. The molecule has 0 bridgehead atoms. The van der Waals surface area contributed by atoms with Crippen molar-refractivity contribution in [3.05, 3.63) is 34.6 Å². The Labute approximate surface area is 137 Å². The van der Waals surface area contributed by atoms with Crippen LogP contribution in [-0.4, -0.2) is 52.1 Å². The molecule has 3 rings (SSSR count). The summed E-state index contributed by atoms with van der Waals surface area (Å²) in [5.74, 6) is 1.25. The van der Waals surface area contributed by atoms with Gasteiger partial charge in [-0.2, -0.15) is 0 Å². The topological polar surface area (TPSA) is 62.5 Å².